The number of carboxylic acids is 1. The third-order valence-electron chi connectivity index (χ3n) is 4.85. The van der Waals surface area contributed by atoms with Crippen LogP contribution < -0.4 is 10.1 Å². The van der Waals surface area contributed by atoms with Crippen LogP contribution in [-0.2, 0) is 17.0 Å². The van der Waals surface area contributed by atoms with E-state index in [1.807, 2.05) is 60.7 Å². The number of rotatable bonds is 10. The Morgan fingerprint density at radius 3 is 2.10 bits per heavy atom. The van der Waals surface area contributed by atoms with Gasteiger partial charge in [0.25, 0.3) is 5.91 Å². The summed E-state index contributed by atoms with van der Waals surface area (Å²) in [5, 5.41) is 12.1. The van der Waals surface area contributed by atoms with E-state index in [2.05, 4.69) is 5.32 Å². The van der Waals surface area contributed by atoms with Crippen molar-refractivity contribution in [1.82, 2.24) is 5.32 Å². The van der Waals surface area contributed by atoms with E-state index in [9.17, 15) is 14.7 Å². The number of carbonyl (C=O) groups is 2. The van der Waals surface area contributed by atoms with Crippen LogP contribution >= 0.6 is 11.8 Å². The molecule has 0 aliphatic rings. The van der Waals surface area contributed by atoms with Crippen LogP contribution in [0.1, 0.15) is 21.5 Å². The number of hydrogen-bond acceptors (Lipinski definition) is 4. The molecule has 0 saturated carbocycles. The average Bonchev–Trinajstić information content (AvgIpc) is 2.80. The molecule has 0 spiro atoms. The minimum Gasteiger partial charge on any atom is -0.497 e. The van der Waals surface area contributed by atoms with Crippen molar-refractivity contribution in [1.29, 1.82) is 0 Å². The minimum atomic E-state index is -0.951. The van der Waals surface area contributed by atoms with Gasteiger partial charge in [-0.25, -0.2) is 0 Å². The van der Waals surface area contributed by atoms with E-state index in [0.29, 0.717) is 17.7 Å². The van der Waals surface area contributed by atoms with E-state index in [1.165, 1.54) is 11.8 Å². The Labute approximate surface area is 186 Å². The third-order valence-corrected chi connectivity index (χ3v) is 6.24. The summed E-state index contributed by atoms with van der Waals surface area (Å²) >= 11 is 1.31. The maximum atomic E-state index is 12.8. The molecular weight excluding hydrogens is 410 g/mol. The van der Waals surface area contributed by atoms with Crippen LogP contribution in [0.4, 0.5) is 0 Å². The Morgan fingerprint density at radius 1 is 0.903 bits per heavy atom. The van der Waals surface area contributed by atoms with Crippen LogP contribution in [0.2, 0.25) is 0 Å². The van der Waals surface area contributed by atoms with Crippen LogP contribution in [0.5, 0.6) is 5.75 Å². The molecule has 6 heteroatoms. The Balaban J connectivity index is 1.78. The number of thioether (sulfide) groups is 1. The fraction of sp³-hybridized carbons (Fsp3) is 0.200. The van der Waals surface area contributed by atoms with Gasteiger partial charge in [-0.15, -0.1) is 11.8 Å². The van der Waals surface area contributed by atoms with E-state index in [-0.39, 0.29) is 5.91 Å². The predicted molar refractivity (Wildman–Crippen MR) is 124 cm³/mol. The summed E-state index contributed by atoms with van der Waals surface area (Å²) in [4.78, 5) is 25.0. The lowest BCUT2D eigenvalue weighted by Crippen LogP contribution is -2.47. The second-order valence-electron chi connectivity index (χ2n) is 7.05. The normalized spacial score (nSPS) is 12.5. The van der Waals surface area contributed by atoms with Gasteiger partial charge in [0, 0.05) is 11.3 Å². The van der Waals surface area contributed by atoms with E-state index in [4.69, 9.17) is 4.74 Å². The molecule has 31 heavy (non-hydrogen) atoms. The molecule has 0 radical (unpaired) electrons. The van der Waals surface area contributed by atoms with Gasteiger partial charge in [0.15, 0.2) is 0 Å². The number of benzene rings is 3. The van der Waals surface area contributed by atoms with E-state index >= 15 is 0 Å². The SMILES string of the molecule is COc1ccc(CS[C@H](C(=O)O)C(Cc2ccccc2)NC(=O)c2ccccc2)cc1. The van der Waals surface area contributed by atoms with Crippen molar-refractivity contribution in [3.05, 3.63) is 102 Å². The number of amides is 1. The molecular formula is C25H25NO4S. The molecule has 2 atom stereocenters. The zero-order valence-corrected chi connectivity index (χ0v) is 18.0. The molecule has 1 amide bonds. The van der Waals surface area contributed by atoms with Gasteiger partial charge in [-0.05, 0) is 41.8 Å². The van der Waals surface area contributed by atoms with Crippen LogP contribution in [-0.4, -0.2) is 35.4 Å². The number of carbonyl (C=O) groups excluding carboxylic acids is 1. The fourth-order valence-electron chi connectivity index (χ4n) is 3.21. The molecule has 0 aliphatic heterocycles. The van der Waals surface area contributed by atoms with E-state index < -0.39 is 17.3 Å². The molecule has 5 nitrogen and oxygen atoms in total. The molecule has 3 aromatic rings. The zero-order valence-electron chi connectivity index (χ0n) is 17.2. The Hall–Kier alpha value is -3.25. The molecule has 160 valence electrons. The van der Waals surface area contributed by atoms with Gasteiger partial charge in [0.2, 0.25) is 0 Å². The van der Waals surface area contributed by atoms with Crippen molar-refractivity contribution in [2.45, 2.75) is 23.5 Å². The lowest BCUT2D eigenvalue weighted by molar-refractivity contribution is -0.136. The molecule has 0 fully saturated rings. The monoisotopic (exact) mass is 435 g/mol. The summed E-state index contributed by atoms with van der Waals surface area (Å²) in [6.45, 7) is 0. The van der Waals surface area contributed by atoms with Gasteiger partial charge in [-0.2, -0.15) is 0 Å². The van der Waals surface area contributed by atoms with Crippen LogP contribution in [0.25, 0.3) is 0 Å². The summed E-state index contributed by atoms with van der Waals surface area (Å²) in [5.41, 5.74) is 2.46. The third kappa shape index (κ3) is 6.62. The summed E-state index contributed by atoms with van der Waals surface area (Å²) in [5.74, 6) is 0.0271. The van der Waals surface area contributed by atoms with Gasteiger partial charge < -0.3 is 15.2 Å². The number of carboxylic acid groups (broad SMARTS) is 1. The number of methoxy groups -OCH3 is 1. The molecule has 2 N–H and O–H groups in total. The largest absolute Gasteiger partial charge is 0.497 e. The van der Waals surface area contributed by atoms with Crippen molar-refractivity contribution in [3.63, 3.8) is 0 Å². The van der Waals surface area contributed by atoms with Crippen LogP contribution in [0.15, 0.2) is 84.9 Å². The van der Waals surface area contributed by atoms with Crippen molar-refractivity contribution >= 4 is 23.6 Å². The highest BCUT2D eigenvalue weighted by atomic mass is 32.2. The first-order chi connectivity index (χ1) is 15.1. The van der Waals surface area contributed by atoms with E-state index in [0.717, 1.165) is 16.9 Å². The molecule has 0 saturated heterocycles. The molecule has 3 rings (SSSR count). The predicted octanol–water partition coefficient (Wildman–Crippen LogP) is 4.42. The Morgan fingerprint density at radius 2 is 1.52 bits per heavy atom. The van der Waals surface area contributed by atoms with Crippen LogP contribution in [0.3, 0.4) is 0 Å². The smallest absolute Gasteiger partial charge is 0.318 e. The first kappa shape index (κ1) is 22.4. The highest BCUT2D eigenvalue weighted by molar-refractivity contribution is 7.99. The van der Waals surface area contributed by atoms with Crippen LogP contribution in [0, 0.1) is 0 Å². The number of ether oxygens (including phenoxy) is 1. The van der Waals surface area contributed by atoms with Crippen molar-refractivity contribution < 1.29 is 19.4 Å². The maximum Gasteiger partial charge on any atom is 0.318 e. The maximum absolute atomic E-state index is 12.8. The second-order valence-corrected chi connectivity index (χ2v) is 8.18. The molecule has 0 aliphatic carbocycles. The Kier molecular flexibility index (Phi) is 8.12. The first-order valence-corrected chi connectivity index (χ1v) is 11.0. The quantitative estimate of drug-likeness (QED) is 0.493. The lowest BCUT2D eigenvalue weighted by atomic mass is 10.0. The van der Waals surface area contributed by atoms with Crippen molar-refractivity contribution in [3.8, 4) is 5.75 Å². The topological polar surface area (TPSA) is 75.6 Å². The minimum absolute atomic E-state index is 0.280. The molecule has 3 aromatic carbocycles. The second kappa shape index (κ2) is 11.2. The molecule has 1 unspecified atom stereocenters. The number of aliphatic carboxylic acids is 1. The standard InChI is InChI=1S/C25H25NO4S/c1-30-21-14-12-19(13-15-21)17-31-23(25(28)29)22(16-18-8-4-2-5-9-18)26-24(27)20-10-6-3-7-11-20/h2-15,22-23H,16-17H2,1H3,(H,26,27)(H,28,29)/t22?,23-/m0/s1. The summed E-state index contributed by atoms with van der Waals surface area (Å²) in [7, 11) is 1.60. The fourth-order valence-corrected chi connectivity index (χ4v) is 4.31. The van der Waals surface area contributed by atoms with E-state index in [1.54, 1.807) is 31.4 Å². The highest BCUT2D eigenvalue weighted by Crippen LogP contribution is 2.24. The lowest BCUT2D eigenvalue weighted by Gasteiger charge is -2.25. The van der Waals surface area contributed by atoms with Crippen molar-refractivity contribution in [2.24, 2.45) is 0 Å². The summed E-state index contributed by atoms with van der Waals surface area (Å²) in [6.07, 6.45) is 0.423. The summed E-state index contributed by atoms with van der Waals surface area (Å²) < 4.78 is 5.17. The summed E-state index contributed by atoms with van der Waals surface area (Å²) in [6, 6.07) is 25.4. The average molecular weight is 436 g/mol. The zero-order chi connectivity index (χ0) is 22.1. The number of hydrogen-bond donors (Lipinski definition) is 2. The van der Waals surface area contributed by atoms with Gasteiger partial charge in [-0.3, -0.25) is 9.59 Å². The Bertz CT molecular complexity index is 977. The molecule has 0 aromatic heterocycles. The van der Waals surface area contributed by atoms with Crippen molar-refractivity contribution in [2.75, 3.05) is 7.11 Å². The molecule has 0 heterocycles. The van der Waals surface area contributed by atoms with Gasteiger partial charge in [0.1, 0.15) is 11.0 Å². The van der Waals surface area contributed by atoms with Gasteiger partial charge in [0.05, 0.1) is 13.2 Å². The van der Waals surface area contributed by atoms with Gasteiger partial charge in [-0.1, -0.05) is 60.7 Å². The first-order valence-electron chi connectivity index (χ1n) is 9.94. The highest BCUT2D eigenvalue weighted by Gasteiger charge is 2.30. The van der Waals surface area contributed by atoms with Gasteiger partial charge >= 0.3 is 5.97 Å². The molecule has 0 bridgehead atoms. The number of nitrogens with one attached hydrogen (secondary N) is 1.